The highest BCUT2D eigenvalue weighted by Crippen LogP contribution is 2.28. The lowest BCUT2D eigenvalue weighted by molar-refractivity contribution is -0.118. The van der Waals surface area contributed by atoms with Crippen LogP contribution in [-0.4, -0.2) is 30.4 Å². The van der Waals surface area contributed by atoms with Crippen LogP contribution in [0.5, 0.6) is 11.5 Å². The Morgan fingerprint density at radius 2 is 2.00 bits per heavy atom. The molecule has 1 aromatic carbocycles. The highest BCUT2D eigenvalue weighted by atomic mass is 32.1. The summed E-state index contributed by atoms with van der Waals surface area (Å²) in [4.78, 5) is 28.6. The van der Waals surface area contributed by atoms with Gasteiger partial charge in [0.15, 0.2) is 29.0 Å². The van der Waals surface area contributed by atoms with Gasteiger partial charge in [-0.1, -0.05) is 0 Å². The Balaban J connectivity index is 1.99. The molecule has 2 rings (SSSR count). The summed E-state index contributed by atoms with van der Waals surface area (Å²) in [6, 6.07) is 4.83. The third-order valence-electron chi connectivity index (χ3n) is 3.20. The molecule has 1 amide bonds. The Kier molecular flexibility index (Phi) is 5.33. The average Bonchev–Trinajstić information content (AvgIpc) is 2.82. The molecule has 0 unspecified atom stereocenters. The number of benzene rings is 1. The number of carbonyl (C=O) groups excluding carboxylic acids is 2. The van der Waals surface area contributed by atoms with E-state index in [1.54, 1.807) is 18.2 Å². The van der Waals surface area contributed by atoms with E-state index < -0.39 is 0 Å². The minimum atomic E-state index is -0.309. The first-order chi connectivity index (χ1) is 10.9. The fourth-order valence-electron chi connectivity index (χ4n) is 1.83. The number of methoxy groups -OCH3 is 1. The minimum absolute atomic E-state index is 0.0675. The van der Waals surface area contributed by atoms with Gasteiger partial charge in [-0.2, -0.15) is 0 Å². The zero-order valence-electron chi connectivity index (χ0n) is 13.4. The summed E-state index contributed by atoms with van der Waals surface area (Å²) in [5, 5.41) is 3.24. The predicted molar refractivity (Wildman–Crippen MR) is 88.7 cm³/mol. The first-order valence-electron chi connectivity index (χ1n) is 6.96. The van der Waals surface area contributed by atoms with Crippen molar-refractivity contribution < 1.29 is 19.1 Å². The number of rotatable bonds is 6. The summed E-state index contributed by atoms with van der Waals surface area (Å²) in [6.45, 7) is 5.13. The third kappa shape index (κ3) is 4.29. The molecule has 0 fully saturated rings. The second-order valence-electron chi connectivity index (χ2n) is 4.92. The van der Waals surface area contributed by atoms with Crippen molar-refractivity contribution in [2.45, 2.75) is 20.8 Å². The highest BCUT2D eigenvalue weighted by molar-refractivity contribution is 7.15. The molecule has 6 nitrogen and oxygen atoms in total. The number of thiazole rings is 1. The normalized spacial score (nSPS) is 10.3. The van der Waals surface area contributed by atoms with Gasteiger partial charge in [0.05, 0.1) is 12.8 Å². The summed E-state index contributed by atoms with van der Waals surface area (Å²) in [7, 11) is 1.48. The van der Waals surface area contributed by atoms with Crippen molar-refractivity contribution in [1.29, 1.82) is 0 Å². The molecule has 7 heteroatoms. The lowest BCUT2D eigenvalue weighted by Crippen LogP contribution is -2.20. The van der Waals surface area contributed by atoms with E-state index in [9.17, 15) is 9.59 Å². The molecule has 0 saturated heterocycles. The summed E-state index contributed by atoms with van der Waals surface area (Å²) < 4.78 is 10.6. The number of ketones is 1. The molecule has 23 heavy (non-hydrogen) atoms. The summed E-state index contributed by atoms with van der Waals surface area (Å²) in [5.74, 6) is 0.434. The molecule has 0 aliphatic rings. The van der Waals surface area contributed by atoms with Gasteiger partial charge in [0.25, 0.3) is 5.91 Å². The Labute approximate surface area is 138 Å². The molecule has 1 heterocycles. The number of aromatic nitrogens is 1. The quantitative estimate of drug-likeness (QED) is 0.822. The number of amides is 1. The van der Waals surface area contributed by atoms with Crippen LogP contribution in [0.2, 0.25) is 0 Å². The summed E-state index contributed by atoms with van der Waals surface area (Å²) in [6.07, 6.45) is 0. The first kappa shape index (κ1) is 17.0. The monoisotopic (exact) mass is 334 g/mol. The number of anilines is 1. The molecule has 1 N–H and O–H groups in total. The van der Waals surface area contributed by atoms with Crippen LogP contribution in [0, 0.1) is 13.8 Å². The van der Waals surface area contributed by atoms with Crippen molar-refractivity contribution >= 4 is 28.2 Å². The van der Waals surface area contributed by atoms with Crippen LogP contribution >= 0.6 is 11.3 Å². The maximum absolute atomic E-state index is 11.9. The fraction of sp³-hybridized carbons (Fsp3) is 0.312. The molecule has 0 bridgehead atoms. The van der Waals surface area contributed by atoms with E-state index >= 15 is 0 Å². The van der Waals surface area contributed by atoms with Crippen molar-refractivity contribution in [3.05, 3.63) is 34.3 Å². The molecule has 0 radical (unpaired) electrons. The maximum Gasteiger partial charge on any atom is 0.264 e. The van der Waals surface area contributed by atoms with Gasteiger partial charge >= 0.3 is 0 Å². The van der Waals surface area contributed by atoms with Crippen LogP contribution in [0.25, 0.3) is 0 Å². The van der Waals surface area contributed by atoms with Gasteiger partial charge in [-0.05, 0) is 39.0 Å². The number of hydrogen-bond donors (Lipinski definition) is 1. The minimum Gasteiger partial charge on any atom is -0.493 e. The van der Waals surface area contributed by atoms with Gasteiger partial charge in [-0.25, -0.2) is 4.98 Å². The Morgan fingerprint density at radius 1 is 1.26 bits per heavy atom. The first-order valence-corrected chi connectivity index (χ1v) is 7.78. The SMILES string of the molecule is COc1cc(C(C)=O)ccc1OCC(=O)Nc1nc(C)c(C)s1. The fourth-order valence-corrected chi connectivity index (χ4v) is 2.66. The second kappa shape index (κ2) is 7.23. The second-order valence-corrected chi connectivity index (χ2v) is 6.12. The molecule has 0 aliphatic carbocycles. The van der Waals surface area contributed by atoms with Crippen LogP contribution in [-0.2, 0) is 4.79 Å². The van der Waals surface area contributed by atoms with E-state index in [-0.39, 0.29) is 18.3 Å². The van der Waals surface area contributed by atoms with Gasteiger partial charge in [0, 0.05) is 10.4 Å². The van der Waals surface area contributed by atoms with Crippen LogP contribution in [0.15, 0.2) is 18.2 Å². The summed E-state index contributed by atoms with van der Waals surface area (Å²) >= 11 is 1.42. The smallest absolute Gasteiger partial charge is 0.264 e. The Morgan fingerprint density at radius 3 is 2.57 bits per heavy atom. The van der Waals surface area contributed by atoms with E-state index in [1.165, 1.54) is 25.4 Å². The zero-order chi connectivity index (χ0) is 17.0. The van der Waals surface area contributed by atoms with E-state index in [1.807, 2.05) is 13.8 Å². The number of nitrogens with zero attached hydrogens (tertiary/aromatic N) is 1. The maximum atomic E-state index is 11.9. The average molecular weight is 334 g/mol. The van der Waals surface area contributed by atoms with Crippen LogP contribution in [0.1, 0.15) is 27.9 Å². The van der Waals surface area contributed by atoms with E-state index in [2.05, 4.69) is 10.3 Å². The van der Waals surface area contributed by atoms with Gasteiger partial charge in [-0.3, -0.25) is 14.9 Å². The third-order valence-corrected chi connectivity index (χ3v) is 4.19. The van der Waals surface area contributed by atoms with E-state index in [0.29, 0.717) is 22.2 Å². The number of aryl methyl sites for hydroxylation is 2. The molecule has 0 spiro atoms. The lowest BCUT2D eigenvalue weighted by Gasteiger charge is -2.11. The number of Topliss-reactive ketones (excluding diaryl/α,β-unsaturated/α-hetero) is 1. The molecular formula is C16H18N2O4S. The largest absolute Gasteiger partial charge is 0.493 e. The number of carbonyl (C=O) groups is 2. The lowest BCUT2D eigenvalue weighted by atomic mass is 10.1. The molecule has 1 aromatic heterocycles. The Bertz CT molecular complexity index is 720. The zero-order valence-corrected chi connectivity index (χ0v) is 14.2. The highest BCUT2D eigenvalue weighted by Gasteiger charge is 2.12. The van der Waals surface area contributed by atoms with Crippen molar-refractivity contribution in [3.63, 3.8) is 0 Å². The van der Waals surface area contributed by atoms with Gasteiger partial charge in [0.2, 0.25) is 0 Å². The van der Waals surface area contributed by atoms with Gasteiger partial charge < -0.3 is 9.47 Å². The van der Waals surface area contributed by atoms with Crippen molar-refractivity contribution in [1.82, 2.24) is 4.98 Å². The molecular weight excluding hydrogens is 316 g/mol. The van der Waals surface area contributed by atoms with E-state index in [4.69, 9.17) is 9.47 Å². The van der Waals surface area contributed by atoms with Gasteiger partial charge in [0.1, 0.15) is 0 Å². The van der Waals surface area contributed by atoms with E-state index in [0.717, 1.165) is 10.6 Å². The topological polar surface area (TPSA) is 77.5 Å². The predicted octanol–water partition coefficient (Wildman–Crippen LogP) is 2.99. The molecule has 2 aromatic rings. The molecule has 122 valence electrons. The molecule has 0 atom stereocenters. The number of hydrogen-bond acceptors (Lipinski definition) is 6. The standard InChI is InChI=1S/C16H18N2O4S/c1-9-11(3)23-16(17-9)18-15(20)8-22-13-6-5-12(10(2)19)7-14(13)21-4/h5-7H,8H2,1-4H3,(H,17,18,20). The van der Waals surface area contributed by atoms with Crippen LogP contribution in [0.4, 0.5) is 5.13 Å². The van der Waals surface area contributed by atoms with Gasteiger partial charge in [-0.15, -0.1) is 11.3 Å². The summed E-state index contributed by atoms with van der Waals surface area (Å²) in [5.41, 5.74) is 1.42. The Hall–Kier alpha value is -2.41. The molecule has 0 aliphatic heterocycles. The van der Waals surface area contributed by atoms with Crippen molar-refractivity contribution in [2.24, 2.45) is 0 Å². The van der Waals surface area contributed by atoms with Crippen molar-refractivity contribution in [3.8, 4) is 11.5 Å². The van der Waals surface area contributed by atoms with Crippen LogP contribution < -0.4 is 14.8 Å². The van der Waals surface area contributed by atoms with Crippen molar-refractivity contribution in [2.75, 3.05) is 19.0 Å². The number of ether oxygens (including phenoxy) is 2. The molecule has 0 saturated carbocycles. The van der Waals surface area contributed by atoms with Crippen LogP contribution in [0.3, 0.4) is 0 Å². The number of nitrogens with one attached hydrogen (secondary N) is 1.